The number of hydrogen-bond acceptors (Lipinski definition) is 4. The zero-order valence-electron chi connectivity index (χ0n) is 14.7. The Morgan fingerprint density at radius 3 is 2.74 bits per heavy atom. The first-order valence-corrected chi connectivity index (χ1v) is 8.40. The van der Waals surface area contributed by atoms with E-state index in [4.69, 9.17) is 0 Å². The average molecular weight is 366 g/mol. The van der Waals surface area contributed by atoms with Crippen molar-refractivity contribution in [3.8, 4) is 16.9 Å². The smallest absolute Gasteiger partial charge is 0.255 e. The zero-order valence-corrected chi connectivity index (χ0v) is 14.7. The van der Waals surface area contributed by atoms with Crippen molar-refractivity contribution in [2.24, 2.45) is 0 Å². The second-order valence-electron chi connectivity index (χ2n) is 6.19. The molecule has 1 amide bonds. The number of halogens is 1. The molecule has 0 aliphatic heterocycles. The highest BCUT2D eigenvalue weighted by atomic mass is 19.1. The van der Waals surface area contributed by atoms with Crippen LogP contribution < -0.4 is 5.32 Å². The van der Waals surface area contributed by atoms with Crippen LogP contribution in [0.2, 0.25) is 0 Å². The second-order valence-corrected chi connectivity index (χ2v) is 6.19. The van der Waals surface area contributed by atoms with Crippen LogP contribution in [0.3, 0.4) is 0 Å². The Bertz CT molecular complexity index is 989. The van der Waals surface area contributed by atoms with Gasteiger partial charge < -0.3 is 15.5 Å². The maximum Gasteiger partial charge on any atom is 0.255 e. The lowest BCUT2D eigenvalue weighted by atomic mass is 9.99. The minimum atomic E-state index is -0.482. The Balaban J connectivity index is 1.83. The van der Waals surface area contributed by atoms with Crippen molar-refractivity contribution in [3.05, 3.63) is 82.9 Å². The van der Waals surface area contributed by atoms with Gasteiger partial charge in [-0.2, -0.15) is 0 Å². The molecule has 0 aliphatic rings. The van der Waals surface area contributed by atoms with Crippen LogP contribution in [-0.4, -0.2) is 21.1 Å². The molecular formula is C21H19FN2O3. The first kappa shape index (κ1) is 18.5. The number of aromatic nitrogens is 1. The van der Waals surface area contributed by atoms with E-state index in [0.717, 1.165) is 0 Å². The molecule has 0 bridgehead atoms. The predicted molar refractivity (Wildman–Crippen MR) is 99.6 cm³/mol. The minimum Gasteiger partial charge on any atom is -0.507 e. The van der Waals surface area contributed by atoms with Gasteiger partial charge in [0.25, 0.3) is 5.91 Å². The average Bonchev–Trinajstić information content (AvgIpc) is 2.69. The lowest BCUT2D eigenvalue weighted by Crippen LogP contribution is -2.23. The van der Waals surface area contributed by atoms with E-state index < -0.39 is 5.91 Å². The van der Waals surface area contributed by atoms with E-state index in [0.29, 0.717) is 27.8 Å². The van der Waals surface area contributed by atoms with E-state index in [-0.39, 0.29) is 30.3 Å². The number of phenolic OH excluding ortho intramolecular Hbond substituents is 1. The molecule has 138 valence electrons. The van der Waals surface area contributed by atoms with Gasteiger partial charge >= 0.3 is 0 Å². The summed E-state index contributed by atoms with van der Waals surface area (Å²) in [7, 11) is 0. The number of rotatable bonds is 5. The van der Waals surface area contributed by atoms with Crippen LogP contribution >= 0.6 is 0 Å². The van der Waals surface area contributed by atoms with E-state index in [1.807, 2.05) is 0 Å². The number of carbonyl (C=O) groups is 1. The van der Waals surface area contributed by atoms with E-state index >= 15 is 0 Å². The summed E-state index contributed by atoms with van der Waals surface area (Å²) in [5.41, 5.74) is 3.24. The van der Waals surface area contributed by atoms with E-state index in [1.54, 1.807) is 43.6 Å². The SMILES string of the molecule is Cc1ccc(CNC(=O)c2cc(-c3cnccc3CO)ccc2O)cc1F. The summed E-state index contributed by atoms with van der Waals surface area (Å²) in [6.45, 7) is 1.63. The lowest BCUT2D eigenvalue weighted by molar-refractivity contribution is 0.0948. The Hall–Kier alpha value is -3.25. The number of hydrogen-bond donors (Lipinski definition) is 3. The minimum absolute atomic E-state index is 0.0906. The number of aromatic hydroxyl groups is 1. The molecule has 0 unspecified atom stereocenters. The summed E-state index contributed by atoms with van der Waals surface area (Å²) in [6, 6.07) is 11.0. The molecule has 5 nitrogen and oxygen atoms in total. The lowest BCUT2D eigenvalue weighted by Gasteiger charge is -2.11. The maximum atomic E-state index is 13.6. The molecule has 2 aromatic carbocycles. The molecule has 0 radical (unpaired) electrons. The maximum absolute atomic E-state index is 13.6. The van der Waals surface area contributed by atoms with Crippen molar-refractivity contribution < 1.29 is 19.4 Å². The van der Waals surface area contributed by atoms with E-state index in [9.17, 15) is 19.4 Å². The van der Waals surface area contributed by atoms with Gasteiger partial charge in [-0.3, -0.25) is 9.78 Å². The van der Waals surface area contributed by atoms with Gasteiger partial charge in [0, 0.05) is 24.5 Å². The third kappa shape index (κ3) is 4.12. The van der Waals surface area contributed by atoms with E-state index in [2.05, 4.69) is 10.3 Å². The molecular weight excluding hydrogens is 347 g/mol. The van der Waals surface area contributed by atoms with Gasteiger partial charge in [-0.15, -0.1) is 0 Å². The van der Waals surface area contributed by atoms with Crippen LogP contribution in [0.5, 0.6) is 5.75 Å². The number of phenols is 1. The first-order valence-electron chi connectivity index (χ1n) is 8.40. The fourth-order valence-corrected chi connectivity index (χ4v) is 2.73. The van der Waals surface area contributed by atoms with Gasteiger partial charge in [0.15, 0.2) is 0 Å². The van der Waals surface area contributed by atoms with Crippen molar-refractivity contribution in [1.82, 2.24) is 10.3 Å². The van der Waals surface area contributed by atoms with Crippen LogP contribution in [-0.2, 0) is 13.2 Å². The largest absolute Gasteiger partial charge is 0.507 e. The number of nitrogens with zero attached hydrogens (tertiary/aromatic N) is 1. The van der Waals surface area contributed by atoms with Gasteiger partial charge in [0.1, 0.15) is 11.6 Å². The Morgan fingerprint density at radius 2 is 2.00 bits per heavy atom. The summed E-state index contributed by atoms with van der Waals surface area (Å²) in [6.07, 6.45) is 3.17. The fourth-order valence-electron chi connectivity index (χ4n) is 2.73. The van der Waals surface area contributed by atoms with Crippen molar-refractivity contribution in [3.63, 3.8) is 0 Å². The summed E-state index contributed by atoms with van der Waals surface area (Å²) in [4.78, 5) is 16.5. The van der Waals surface area contributed by atoms with Gasteiger partial charge in [-0.05, 0) is 53.4 Å². The number of benzene rings is 2. The summed E-state index contributed by atoms with van der Waals surface area (Å²) in [5, 5.41) is 22.2. The summed E-state index contributed by atoms with van der Waals surface area (Å²) >= 11 is 0. The van der Waals surface area contributed by atoms with Crippen LogP contribution in [0, 0.1) is 12.7 Å². The molecule has 0 saturated carbocycles. The topological polar surface area (TPSA) is 82.5 Å². The highest BCUT2D eigenvalue weighted by Gasteiger charge is 2.14. The van der Waals surface area contributed by atoms with Crippen molar-refractivity contribution in [2.75, 3.05) is 0 Å². The number of pyridine rings is 1. The molecule has 1 aromatic heterocycles. The van der Waals surface area contributed by atoms with Gasteiger partial charge in [-0.25, -0.2) is 4.39 Å². The number of aliphatic hydroxyl groups is 1. The van der Waals surface area contributed by atoms with Crippen LogP contribution in [0.4, 0.5) is 4.39 Å². The normalized spacial score (nSPS) is 10.6. The third-order valence-corrected chi connectivity index (χ3v) is 4.32. The Labute approximate surface area is 156 Å². The van der Waals surface area contributed by atoms with Crippen molar-refractivity contribution in [2.45, 2.75) is 20.1 Å². The van der Waals surface area contributed by atoms with Gasteiger partial charge in [-0.1, -0.05) is 18.2 Å². The molecule has 27 heavy (non-hydrogen) atoms. The summed E-state index contributed by atoms with van der Waals surface area (Å²) in [5.74, 6) is -0.981. The third-order valence-electron chi connectivity index (χ3n) is 4.32. The monoisotopic (exact) mass is 366 g/mol. The van der Waals surface area contributed by atoms with E-state index in [1.165, 1.54) is 18.2 Å². The number of carbonyl (C=O) groups excluding carboxylic acids is 1. The Morgan fingerprint density at radius 1 is 1.19 bits per heavy atom. The summed E-state index contributed by atoms with van der Waals surface area (Å²) < 4.78 is 13.6. The first-order chi connectivity index (χ1) is 13.0. The molecule has 0 saturated heterocycles. The molecule has 6 heteroatoms. The molecule has 3 rings (SSSR count). The highest BCUT2D eigenvalue weighted by molar-refractivity contribution is 5.98. The molecule has 0 fully saturated rings. The standard InChI is InChI=1S/C21H19FN2O3/c1-13-2-3-14(8-19(13)22)10-24-21(27)17-9-15(4-5-20(17)26)18-11-23-7-6-16(18)12-25/h2-9,11,25-26H,10,12H2,1H3,(H,24,27). The van der Waals surface area contributed by atoms with Gasteiger partial charge in [0.2, 0.25) is 0 Å². The molecule has 3 N–H and O–H groups in total. The zero-order chi connectivity index (χ0) is 19.4. The number of aliphatic hydroxyl groups excluding tert-OH is 1. The van der Waals surface area contributed by atoms with Gasteiger partial charge in [0.05, 0.1) is 12.2 Å². The fraction of sp³-hybridized carbons (Fsp3) is 0.143. The highest BCUT2D eigenvalue weighted by Crippen LogP contribution is 2.28. The van der Waals surface area contributed by atoms with Crippen LogP contribution in [0.1, 0.15) is 27.0 Å². The van der Waals surface area contributed by atoms with Crippen molar-refractivity contribution >= 4 is 5.91 Å². The molecule has 3 aromatic rings. The molecule has 0 spiro atoms. The number of amides is 1. The van der Waals surface area contributed by atoms with Crippen LogP contribution in [0.25, 0.3) is 11.1 Å². The number of aryl methyl sites for hydroxylation is 1. The van der Waals surface area contributed by atoms with Crippen molar-refractivity contribution in [1.29, 1.82) is 0 Å². The predicted octanol–water partition coefficient (Wildman–Crippen LogP) is 3.32. The second kappa shape index (κ2) is 7.97. The quantitative estimate of drug-likeness (QED) is 0.647. The van der Waals surface area contributed by atoms with Crippen LogP contribution in [0.15, 0.2) is 54.9 Å². The Kier molecular flexibility index (Phi) is 5.47. The molecule has 1 heterocycles. The number of nitrogens with one attached hydrogen (secondary N) is 1. The molecule has 0 aliphatic carbocycles. The molecule has 0 atom stereocenters.